The highest BCUT2D eigenvalue weighted by molar-refractivity contribution is 7.18. The maximum absolute atomic E-state index is 12.9. The van der Waals surface area contributed by atoms with E-state index in [1.807, 2.05) is 18.2 Å². The van der Waals surface area contributed by atoms with Gasteiger partial charge in [0.15, 0.2) is 5.82 Å². The lowest BCUT2D eigenvalue weighted by Crippen LogP contribution is -2.21. The molecule has 1 N–H and O–H groups in total. The highest BCUT2D eigenvalue weighted by atomic mass is 32.1. The number of aromatic amines is 1. The minimum atomic E-state index is -0.143. The zero-order valence-electron chi connectivity index (χ0n) is 19.2. The van der Waals surface area contributed by atoms with E-state index < -0.39 is 0 Å². The van der Waals surface area contributed by atoms with Gasteiger partial charge >= 0.3 is 0 Å². The molecule has 0 aliphatic heterocycles. The molecule has 2 heterocycles. The van der Waals surface area contributed by atoms with E-state index in [0.717, 1.165) is 60.4 Å². The standard InChI is InChI=1S/C28H26N4OS/c1-2-32(18-20-8-4-3-5-9-20)22-14-12-19(13-15-22)16-21(17-29)26-30-27(33)25-23-10-6-7-11-24(23)34-28(25)31-26/h3-5,8-9,12-16H,2,6-7,10-11,18H2,1H3,(H,30,31,33). The number of fused-ring (bicyclic) bond motifs is 3. The summed E-state index contributed by atoms with van der Waals surface area (Å²) >= 11 is 1.60. The molecule has 0 amide bonds. The number of H-pyrrole nitrogens is 1. The molecule has 0 atom stereocenters. The molecule has 0 fully saturated rings. The number of aromatic nitrogens is 2. The molecule has 1 aliphatic carbocycles. The van der Waals surface area contributed by atoms with Crippen LogP contribution in [0.3, 0.4) is 0 Å². The minimum absolute atomic E-state index is 0.143. The molecule has 170 valence electrons. The molecule has 4 aromatic rings. The molecule has 5 rings (SSSR count). The summed E-state index contributed by atoms with van der Waals surface area (Å²) in [5, 5.41) is 10.5. The molecule has 0 saturated carbocycles. The van der Waals surface area contributed by atoms with Crippen LogP contribution in [0.5, 0.6) is 0 Å². The van der Waals surface area contributed by atoms with Gasteiger partial charge in [-0.3, -0.25) is 4.79 Å². The summed E-state index contributed by atoms with van der Waals surface area (Å²) < 4.78 is 0. The lowest BCUT2D eigenvalue weighted by molar-refractivity contribution is 0.700. The number of aryl methyl sites for hydroxylation is 2. The largest absolute Gasteiger partial charge is 0.367 e. The van der Waals surface area contributed by atoms with Gasteiger partial charge in [-0.25, -0.2) is 4.98 Å². The number of benzene rings is 2. The van der Waals surface area contributed by atoms with Gasteiger partial charge in [-0.1, -0.05) is 42.5 Å². The second-order valence-corrected chi connectivity index (χ2v) is 9.65. The zero-order valence-corrected chi connectivity index (χ0v) is 20.0. The first-order chi connectivity index (χ1) is 16.7. The summed E-state index contributed by atoms with van der Waals surface area (Å²) in [6, 6.07) is 20.8. The van der Waals surface area contributed by atoms with Crippen LogP contribution in [0.15, 0.2) is 59.4 Å². The van der Waals surface area contributed by atoms with Gasteiger partial charge in [0.1, 0.15) is 10.9 Å². The first-order valence-electron chi connectivity index (χ1n) is 11.7. The Bertz CT molecular complexity index is 1440. The number of allylic oxidation sites excluding steroid dienone is 1. The smallest absolute Gasteiger partial charge is 0.260 e. The topological polar surface area (TPSA) is 72.8 Å². The van der Waals surface area contributed by atoms with Gasteiger partial charge in [0.05, 0.1) is 11.0 Å². The van der Waals surface area contributed by atoms with Gasteiger partial charge in [-0.15, -0.1) is 11.3 Å². The van der Waals surface area contributed by atoms with Crippen LogP contribution >= 0.6 is 11.3 Å². The average Bonchev–Trinajstić information content (AvgIpc) is 3.26. The molecule has 0 saturated heterocycles. The molecule has 2 aromatic carbocycles. The summed E-state index contributed by atoms with van der Waals surface area (Å²) in [6.07, 6.45) is 6.00. The van der Waals surface area contributed by atoms with Crippen molar-refractivity contribution in [3.8, 4) is 6.07 Å². The monoisotopic (exact) mass is 466 g/mol. The van der Waals surface area contributed by atoms with Crippen LogP contribution in [0.25, 0.3) is 21.9 Å². The van der Waals surface area contributed by atoms with Crippen LogP contribution in [-0.2, 0) is 19.4 Å². The Morgan fingerprint density at radius 3 is 2.65 bits per heavy atom. The molecule has 0 bridgehead atoms. The molecule has 0 unspecified atom stereocenters. The Morgan fingerprint density at radius 2 is 1.91 bits per heavy atom. The van der Waals surface area contributed by atoms with Gasteiger partial charge in [-0.05, 0) is 67.5 Å². The number of anilines is 1. The number of nitriles is 1. The quantitative estimate of drug-likeness (QED) is 0.356. The van der Waals surface area contributed by atoms with E-state index in [1.165, 1.54) is 10.4 Å². The first kappa shape index (κ1) is 22.1. The first-order valence-corrected chi connectivity index (χ1v) is 12.5. The fourth-order valence-electron chi connectivity index (χ4n) is 4.58. The van der Waals surface area contributed by atoms with E-state index in [1.54, 1.807) is 17.4 Å². The van der Waals surface area contributed by atoms with Crippen molar-refractivity contribution in [1.82, 2.24) is 9.97 Å². The zero-order chi connectivity index (χ0) is 23.5. The molecule has 1 aliphatic rings. The van der Waals surface area contributed by atoms with Crippen molar-refractivity contribution in [2.24, 2.45) is 0 Å². The number of nitrogens with one attached hydrogen (secondary N) is 1. The highest BCUT2D eigenvalue weighted by Gasteiger charge is 2.20. The molecule has 5 nitrogen and oxygen atoms in total. The van der Waals surface area contributed by atoms with E-state index in [2.05, 4.69) is 64.3 Å². The Morgan fingerprint density at radius 1 is 1.15 bits per heavy atom. The van der Waals surface area contributed by atoms with Crippen LogP contribution < -0.4 is 10.5 Å². The number of thiophene rings is 1. The van der Waals surface area contributed by atoms with Crippen molar-refractivity contribution < 1.29 is 0 Å². The van der Waals surface area contributed by atoms with Crippen molar-refractivity contribution in [2.45, 2.75) is 39.2 Å². The van der Waals surface area contributed by atoms with Crippen LogP contribution in [0.2, 0.25) is 0 Å². The van der Waals surface area contributed by atoms with Crippen LogP contribution in [0, 0.1) is 11.3 Å². The molecule has 0 radical (unpaired) electrons. The van der Waals surface area contributed by atoms with Gasteiger partial charge < -0.3 is 9.88 Å². The number of rotatable bonds is 6. The number of hydrogen-bond donors (Lipinski definition) is 1. The molecule has 34 heavy (non-hydrogen) atoms. The average molecular weight is 467 g/mol. The summed E-state index contributed by atoms with van der Waals surface area (Å²) in [5.74, 6) is 0.335. The van der Waals surface area contributed by atoms with Crippen molar-refractivity contribution in [2.75, 3.05) is 11.4 Å². The highest BCUT2D eigenvalue weighted by Crippen LogP contribution is 2.34. The van der Waals surface area contributed by atoms with E-state index in [0.29, 0.717) is 16.8 Å². The fourth-order valence-corrected chi connectivity index (χ4v) is 5.84. The minimum Gasteiger partial charge on any atom is -0.367 e. The molecule has 6 heteroatoms. The van der Waals surface area contributed by atoms with Crippen LogP contribution in [-0.4, -0.2) is 16.5 Å². The van der Waals surface area contributed by atoms with Crippen LogP contribution in [0.4, 0.5) is 5.69 Å². The second-order valence-electron chi connectivity index (χ2n) is 8.57. The van der Waals surface area contributed by atoms with Gasteiger partial charge in [0, 0.05) is 23.7 Å². The van der Waals surface area contributed by atoms with Gasteiger partial charge in [0.25, 0.3) is 5.56 Å². The number of hydrogen-bond acceptors (Lipinski definition) is 5. The van der Waals surface area contributed by atoms with Crippen molar-refractivity contribution in [1.29, 1.82) is 5.26 Å². The van der Waals surface area contributed by atoms with E-state index in [-0.39, 0.29) is 5.56 Å². The Labute approximate surface area is 203 Å². The summed E-state index contributed by atoms with van der Waals surface area (Å²) in [7, 11) is 0. The van der Waals surface area contributed by atoms with E-state index >= 15 is 0 Å². The Kier molecular flexibility index (Phi) is 6.29. The third-order valence-electron chi connectivity index (χ3n) is 6.37. The molecular formula is C28H26N4OS. The molecule has 2 aromatic heterocycles. The van der Waals surface area contributed by atoms with E-state index in [9.17, 15) is 10.1 Å². The molecule has 0 spiro atoms. The Hall–Kier alpha value is -3.69. The third-order valence-corrected chi connectivity index (χ3v) is 7.55. The maximum Gasteiger partial charge on any atom is 0.260 e. The van der Waals surface area contributed by atoms with Crippen molar-refractivity contribution in [3.05, 3.63) is 92.3 Å². The fraction of sp³-hybridized carbons (Fsp3) is 0.250. The normalized spacial score (nSPS) is 13.5. The third kappa shape index (κ3) is 4.40. The summed E-state index contributed by atoms with van der Waals surface area (Å²) in [4.78, 5) is 24.7. The van der Waals surface area contributed by atoms with Gasteiger partial charge in [-0.2, -0.15) is 5.26 Å². The van der Waals surface area contributed by atoms with Crippen LogP contribution in [0.1, 0.15) is 47.2 Å². The summed E-state index contributed by atoms with van der Waals surface area (Å²) in [6.45, 7) is 3.88. The van der Waals surface area contributed by atoms with Crippen molar-refractivity contribution >= 4 is 38.9 Å². The molecular weight excluding hydrogens is 440 g/mol. The predicted octanol–water partition coefficient (Wildman–Crippen LogP) is 5.95. The lowest BCUT2D eigenvalue weighted by atomic mass is 9.97. The second kappa shape index (κ2) is 9.66. The summed E-state index contributed by atoms with van der Waals surface area (Å²) in [5.41, 5.74) is 4.65. The van der Waals surface area contributed by atoms with Crippen molar-refractivity contribution in [3.63, 3.8) is 0 Å². The number of nitrogens with zero attached hydrogens (tertiary/aromatic N) is 3. The van der Waals surface area contributed by atoms with E-state index in [4.69, 9.17) is 0 Å². The SMILES string of the molecule is CCN(Cc1ccccc1)c1ccc(C=C(C#N)c2nc3sc4c(c3c(=O)[nH]2)CCCC4)cc1. The predicted molar refractivity (Wildman–Crippen MR) is 140 cm³/mol. The maximum atomic E-state index is 12.9. The van der Waals surface area contributed by atoms with Gasteiger partial charge in [0.2, 0.25) is 0 Å². The Balaban J connectivity index is 1.42. The lowest BCUT2D eigenvalue weighted by Gasteiger charge is -2.23.